The van der Waals surface area contributed by atoms with Crippen molar-refractivity contribution < 1.29 is 19.4 Å². The zero-order valence-electron chi connectivity index (χ0n) is 15.4. The standard InChI is InChI=1S/C20H30O4/c1-14-6-7-15-17(2,13-21)8-5-9-19(15,4)20(14)11-10-18(3,24-20)12-16(22)23/h6,13,15H,5,7-12H2,1-4H3,(H,22,23). The molecule has 0 amide bonds. The van der Waals surface area contributed by atoms with Gasteiger partial charge < -0.3 is 14.6 Å². The van der Waals surface area contributed by atoms with Crippen LogP contribution in [0.4, 0.5) is 0 Å². The Labute approximate surface area is 144 Å². The van der Waals surface area contributed by atoms with Crippen LogP contribution in [0.1, 0.15) is 72.6 Å². The molecular formula is C20H30O4. The minimum atomic E-state index is -0.810. The molecule has 1 spiro atoms. The van der Waals surface area contributed by atoms with Crippen LogP contribution < -0.4 is 0 Å². The van der Waals surface area contributed by atoms with Gasteiger partial charge in [0.05, 0.1) is 17.6 Å². The summed E-state index contributed by atoms with van der Waals surface area (Å²) in [5, 5.41) is 9.27. The molecule has 2 fully saturated rings. The average molecular weight is 334 g/mol. The Bertz CT molecular complexity index is 596. The van der Waals surface area contributed by atoms with Gasteiger partial charge in [-0.1, -0.05) is 26.3 Å². The maximum absolute atomic E-state index is 11.9. The Morgan fingerprint density at radius 2 is 2.00 bits per heavy atom. The third-order valence-electron chi connectivity index (χ3n) is 7.42. The lowest BCUT2D eigenvalue weighted by atomic mass is 9.46. The van der Waals surface area contributed by atoms with E-state index in [9.17, 15) is 14.7 Å². The summed E-state index contributed by atoms with van der Waals surface area (Å²) in [4.78, 5) is 23.2. The topological polar surface area (TPSA) is 63.6 Å². The summed E-state index contributed by atoms with van der Waals surface area (Å²) in [6, 6.07) is 0. The number of carbonyl (C=O) groups excluding carboxylic acids is 1. The van der Waals surface area contributed by atoms with Crippen LogP contribution in [-0.4, -0.2) is 28.6 Å². The Hall–Kier alpha value is -1.16. The van der Waals surface area contributed by atoms with Gasteiger partial charge in [0.25, 0.3) is 0 Å². The second kappa shape index (κ2) is 5.42. The van der Waals surface area contributed by atoms with Crippen molar-refractivity contribution in [3.8, 4) is 0 Å². The van der Waals surface area contributed by atoms with Crippen molar-refractivity contribution in [1.29, 1.82) is 0 Å². The van der Waals surface area contributed by atoms with Crippen molar-refractivity contribution in [3.05, 3.63) is 11.6 Å². The van der Waals surface area contributed by atoms with Gasteiger partial charge in [0.2, 0.25) is 0 Å². The number of aldehydes is 1. The highest BCUT2D eigenvalue weighted by atomic mass is 16.5. The lowest BCUT2D eigenvalue weighted by Gasteiger charge is -2.60. The van der Waals surface area contributed by atoms with Gasteiger partial charge in [0.15, 0.2) is 0 Å². The molecule has 24 heavy (non-hydrogen) atoms. The molecule has 0 aromatic carbocycles. The van der Waals surface area contributed by atoms with E-state index in [-0.39, 0.29) is 23.2 Å². The lowest BCUT2D eigenvalue weighted by Crippen LogP contribution is -2.60. The molecule has 0 aromatic rings. The predicted octanol–water partition coefficient (Wildman–Crippen LogP) is 4.13. The van der Waals surface area contributed by atoms with Crippen LogP contribution in [0.15, 0.2) is 11.6 Å². The molecule has 1 aliphatic heterocycles. The number of ether oxygens (including phenoxy) is 1. The third-order valence-corrected chi connectivity index (χ3v) is 7.42. The summed E-state index contributed by atoms with van der Waals surface area (Å²) in [6.45, 7) is 8.43. The molecule has 3 aliphatic rings. The van der Waals surface area contributed by atoms with Crippen LogP contribution in [0.2, 0.25) is 0 Å². The molecule has 1 saturated carbocycles. The molecule has 2 aliphatic carbocycles. The van der Waals surface area contributed by atoms with Crippen LogP contribution in [0, 0.1) is 16.7 Å². The molecule has 0 radical (unpaired) electrons. The van der Waals surface area contributed by atoms with E-state index >= 15 is 0 Å². The number of rotatable bonds is 3. The number of carbonyl (C=O) groups is 2. The molecule has 3 rings (SSSR count). The largest absolute Gasteiger partial charge is 0.481 e. The summed E-state index contributed by atoms with van der Waals surface area (Å²) in [5.74, 6) is -0.554. The highest BCUT2D eigenvalue weighted by molar-refractivity contribution is 5.68. The summed E-state index contributed by atoms with van der Waals surface area (Å²) in [7, 11) is 0. The maximum atomic E-state index is 11.9. The summed E-state index contributed by atoms with van der Waals surface area (Å²) >= 11 is 0. The van der Waals surface area contributed by atoms with Crippen molar-refractivity contribution in [1.82, 2.24) is 0 Å². The number of aliphatic carboxylic acids is 1. The number of fused-ring (bicyclic) bond motifs is 2. The van der Waals surface area contributed by atoms with E-state index in [1.54, 1.807) is 0 Å². The second-order valence-corrected chi connectivity index (χ2v) is 9.02. The SMILES string of the molecule is CC1=CCC2C(C)(C=O)CCCC2(C)C12CCC(C)(CC(=O)O)O2. The lowest BCUT2D eigenvalue weighted by molar-refractivity contribution is -0.193. The van der Waals surface area contributed by atoms with Crippen LogP contribution in [0.5, 0.6) is 0 Å². The minimum absolute atomic E-state index is 0.0354. The first-order valence-electron chi connectivity index (χ1n) is 9.16. The monoisotopic (exact) mass is 334 g/mol. The predicted molar refractivity (Wildman–Crippen MR) is 91.7 cm³/mol. The van der Waals surface area contributed by atoms with E-state index in [0.717, 1.165) is 44.8 Å². The quantitative estimate of drug-likeness (QED) is 0.622. The Morgan fingerprint density at radius 3 is 2.62 bits per heavy atom. The normalized spacial score (nSPS) is 48.0. The molecule has 1 saturated heterocycles. The molecule has 134 valence electrons. The Morgan fingerprint density at radius 1 is 1.29 bits per heavy atom. The van der Waals surface area contributed by atoms with Crippen LogP contribution in [0.3, 0.4) is 0 Å². The van der Waals surface area contributed by atoms with Gasteiger partial charge in [0, 0.05) is 10.8 Å². The Balaban J connectivity index is 2.04. The first-order chi connectivity index (χ1) is 11.1. The van der Waals surface area contributed by atoms with Gasteiger partial charge in [-0.15, -0.1) is 0 Å². The van der Waals surface area contributed by atoms with Crippen molar-refractivity contribution >= 4 is 12.3 Å². The molecule has 5 atom stereocenters. The maximum Gasteiger partial charge on any atom is 0.306 e. The van der Waals surface area contributed by atoms with E-state index in [2.05, 4.69) is 26.8 Å². The fourth-order valence-corrected chi connectivity index (χ4v) is 6.06. The van der Waals surface area contributed by atoms with E-state index in [4.69, 9.17) is 4.74 Å². The number of carboxylic acid groups (broad SMARTS) is 1. The number of hydrogen-bond donors (Lipinski definition) is 1. The van der Waals surface area contributed by atoms with Gasteiger partial charge in [0.1, 0.15) is 6.29 Å². The van der Waals surface area contributed by atoms with E-state index in [1.165, 1.54) is 5.57 Å². The van der Waals surface area contributed by atoms with Crippen molar-refractivity contribution in [2.24, 2.45) is 16.7 Å². The average Bonchev–Trinajstić information content (AvgIpc) is 2.83. The van der Waals surface area contributed by atoms with Gasteiger partial charge in [-0.3, -0.25) is 4.79 Å². The van der Waals surface area contributed by atoms with Crippen molar-refractivity contribution in [2.75, 3.05) is 0 Å². The van der Waals surface area contributed by atoms with Gasteiger partial charge in [-0.2, -0.15) is 0 Å². The molecule has 0 bridgehead atoms. The van der Waals surface area contributed by atoms with E-state index in [0.29, 0.717) is 0 Å². The number of hydrogen-bond acceptors (Lipinski definition) is 3. The van der Waals surface area contributed by atoms with E-state index < -0.39 is 17.2 Å². The Kier molecular flexibility index (Phi) is 3.99. The highest BCUT2D eigenvalue weighted by Crippen LogP contribution is 2.66. The van der Waals surface area contributed by atoms with Crippen LogP contribution in [-0.2, 0) is 14.3 Å². The first-order valence-corrected chi connectivity index (χ1v) is 9.16. The molecule has 5 unspecified atom stereocenters. The molecule has 4 nitrogen and oxygen atoms in total. The fraction of sp³-hybridized carbons (Fsp3) is 0.800. The molecular weight excluding hydrogens is 304 g/mol. The summed E-state index contributed by atoms with van der Waals surface area (Å²) in [5.41, 5.74) is -0.251. The van der Waals surface area contributed by atoms with Crippen molar-refractivity contribution in [2.45, 2.75) is 83.8 Å². The molecule has 1 heterocycles. The summed E-state index contributed by atoms with van der Waals surface area (Å²) in [6.07, 6.45) is 8.95. The van der Waals surface area contributed by atoms with Crippen LogP contribution in [0.25, 0.3) is 0 Å². The summed E-state index contributed by atoms with van der Waals surface area (Å²) < 4.78 is 6.65. The van der Waals surface area contributed by atoms with Crippen LogP contribution >= 0.6 is 0 Å². The fourth-order valence-electron chi connectivity index (χ4n) is 6.06. The second-order valence-electron chi connectivity index (χ2n) is 9.02. The minimum Gasteiger partial charge on any atom is -0.481 e. The zero-order valence-corrected chi connectivity index (χ0v) is 15.4. The smallest absolute Gasteiger partial charge is 0.306 e. The number of allylic oxidation sites excluding steroid dienone is 1. The van der Waals surface area contributed by atoms with Gasteiger partial charge >= 0.3 is 5.97 Å². The third kappa shape index (κ3) is 2.29. The molecule has 0 aromatic heterocycles. The van der Waals surface area contributed by atoms with E-state index in [1.807, 2.05) is 6.92 Å². The first kappa shape index (κ1) is 17.7. The highest BCUT2D eigenvalue weighted by Gasteiger charge is 2.65. The zero-order chi connectivity index (χ0) is 17.8. The number of carboxylic acids is 1. The molecule has 4 heteroatoms. The van der Waals surface area contributed by atoms with Crippen molar-refractivity contribution in [3.63, 3.8) is 0 Å². The van der Waals surface area contributed by atoms with Gasteiger partial charge in [-0.25, -0.2) is 0 Å². The molecule has 1 N–H and O–H groups in total. The van der Waals surface area contributed by atoms with Gasteiger partial charge in [-0.05, 0) is 57.4 Å².